The summed E-state index contributed by atoms with van der Waals surface area (Å²) in [6.07, 6.45) is 0. The van der Waals surface area contributed by atoms with Crippen molar-refractivity contribution in [3.8, 4) is 5.75 Å². The first kappa shape index (κ1) is 10.8. The summed E-state index contributed by atoms with van der Waals surface area (Å²) in [7, 11) is 0. The molecule has 82 valence electrons. The quantitative estimate of drug-likeness (QED) is 0.848. The summed E-state index contributed by atoms with van der Waals surface area (Å²) in [5, 5.41) is 13.2. The van der Waals surface area contributed by atoms with Crippen LogP contribution in [-0.4, -0.2) is 5.11 Å². The Kier molecular flexibility index (Phi) is 3.32. The van der Waals surface area contributed by atoms with Crippen LogP contribution in [0.4, 0.5) is 5.69 Å². The first-order chi connectivity index (χ1) is 7.74. The van der Waals surface area contributed by atoms with Crippen molar-refractivity contribution in [3.63, 3.8) is 0 Å². The molecule has 0 bridgehead atoms. The van der Waals surface area contributed by atoms with Gasteiger partial charge in [0.2, 0.25) is 0 Å². The number of hydrogen-bond acceptors (Lipinski definition) is 2. The van der Waals surface area contributed by atoms with Crippen molar-refractivity contribution in [2.24, 2.45) is 0 Å². The Morgan fingerprint density at radius 2 is 1.81 bits per heavy atom. The molecule has 2 rings (SSSR count). The highest BCUT2D eigenvalue weighted by Crippen LogP contribution is 2.16. The van der Waals surface area contributed by atoms with Gasteiger partial charge in [-0.15, -0.1) is 0 Å². The molecule has 0 unspecified atom stereocenters. The molecule has 0 aliphatic carbocycles. The van der Waals surface area contributed by atoms with Crippen LogP contribution in [0.25, 0.3) is 0 Å². The molecule has 0 heterocycles. The molecule has 2 aromatic carbocycles. The molecule has 3 heteroatoms. The lowest BCUT2D eigenvalue weighted by atomic mass is 10.2. The number of rotatable bonds is 3. The molecule has 16 heavy (non-hydrogen) atoms. The minimum Gasteiger partial charge on any atom is -0.508 e. The smallest absolute Gasteiger partial charge is 0.117 e. The van der Waals surface area contributed by atoms with Crippen LogP contribution in [-0.2, 0) is 6.54 Å². The first-order valence-corrected chi connectivity index (χ1v) is 5.39. The molecule has 0 aromatic heterocycles. The minimum absolute atomic E-state index is 0.265. The van der Waals surface area contributed by atoms with Crippen LogP contribution < -0.4 is 5.32 Å². The molecule has 2 aromatic rings. The maximum absolute atomic E-state index is 9.29. The van der Waals surface area contributed by atoms with Gasteiger partial charge >= 0.3 is 0 Å². The molecule has 2 N–H and O–H groups in total. The fourth-order valence-electron chi connectivity index (χ4n) is 1.42. The molecule has 0 fully saturated rings. The number of benzene rings is 2. The number of aromatic hydroxyl groups is 1. The topological polar surface area (TPSA) is 32.3 Å². The minimum atomic E-state index is 0.265. The van der Waals surface area contributed by atoms with E-state index in [0.717, 1.165) is 16.3 Å². The van der Waals surface area contributed by atoms with Gasteiger partial charge in [-0.3, -0.25) is 0 Å². The lowest BCUT2D eigenvalue weighted by Crippen LogP contribution is -1.98. The molecule has 0 amide bonds. The van der Waals surface area contributed by atoms with E-state index in [1.54, 1.807) is 18.2 Å². The van der Waals surface area contributed by atoms with Gasteiger partial charge in [0.1, 0.15) is 5.75 Å². The largest absolute Gasteiger partial charge is 0.508 e. The van der Waals surface area contributed by atoms with Gasteiger partial charge in [0.05, 0.1) is 0 Å². The molecular weight excluding hydrogens is 222 g/mol. The second-order valence-electron chi connectivity index (χ2n) is 3.53. The Balaban J connectivity index is 1.99. The highest BCUT2D eigenvalue weighted by molar-refractivity contribution is 6.30. The Morgan fingerprint density at radius 3 is 2.50 bits per heavy atom. The predicted molar refractivity (Wildman–Crippen MR) is 66.9 cm³/mol. The molecule has 0 saturated carbocycles. The Bertz CT molecular complexity index is 468. The van der Waals surface area contributed by atoms with E-state index in [9.17, 15) is 5.11 Å². The summed E-state index contributed by atoms with van der Waals surface area (Å²) in [5.41, 5.74) is 2.04. The second kappa shape index (κ2) is 4.90. The van der Waals surface area contributed by atoms with E-state index in [4.69, 9.17) is 11.6 Å². The van der Waals surface area contributed by atoms with Gasteiger partial charge in [0.25, 0.3) is 0 Å². The van der Waals surface area contributed by atoms with E-state index >= 15 is 0 Å². The maximum Gasteiger partial charge on any atom is 0.117 e. The monoisotopic (exact) mass is 233 g/mol. The highest BCUT2D eigenvalue weighted by atomic mass is 35.5. The Hall–Kier alpha value is -1.67. The molecule has 0 aliphatic rings. The zero-order valence-electron chi connectivity index (χ0n) is 8.65. The third kappa shape index (κ3) is 2.91. The zero-order chi connectivity index (χ0) is 11.4. The standard InChI is InChI=1S/C13H12ClNO/c14-11-6-4-10(5-7-11)9-15-12-2-1-3-13(16)8-12/h1-8,15-16H,9H2. The van der Waals surface area contributed by atoms with E-state index in [2.05, 4.69) is 5.32 Å². The van der Waals surface area contributed by atoms with Crippen LogP contribution in [0.5, 0.6) is 5.75 Å². The molecule has 0 aliphatic heterocycles. The van der Waals surface area contributed by atoms with E-state index in [1.807, 2.05) is 30.3 Å². The number of phenolic OH excluding ortho intramolecular Hbond substituents is 1. The van der Waals surface area contributed by atoms with Gasteiger partial charge in [-0.05, 0) is 29.8 Å². The summed E-state index contributed by atoms with van der Waals surface area (Å²) in [6.45, 7) is 0.709. The summed E-state index contributed by atoms with van der Waals surface area (Å²) in [6, 6.07) is 14.7. The lowest BCUT2D eigenvalue weighted by Gasteiger charge is -2.06. The van der Waals surface area contributed by atoms with Crippen molar-refractivity contribution >= 4 is 17.3 Å². The highest BCUT2D eigenvalue weighted by Gasteiger charge is 1.95. The van der Waals surface area contributed by atoms with Crippen molar-refractivity contribution in [3.05, 3.63) is 59.1 Å². The fraction of sp³-hybridized carbons (Fsp3) is 0.0769. The molecule has 0 spiro atoms. The summed E-state index contributed by atoms with van der Waals surface area (Å²) < 4.78 is 0. The van der Waals surface area contributed by atoms with Crippen LogP contribution in [0.1, 0.15) is 5.56 Å². The van der Waals surface area contributed by atoms with Gasteiger partial charge in [0, 0.05) is 23.3 Å². The third-order valence-corrected chi connectivity index (χ3v) is 2.51. The molecular formula is C13H12ClNO. The van der Waals surface area contributed by atoms with E-state index < -0.39 is 0 Å². The van der Waals surface area contributed by atoms with Gasteiger partial charge < -0.3 is 10.4 Å². The Morgan fingerprint density at radius 1 is 1.06 bits per heavy atom. The van der Waals surface area contributed by atoms with Crippen molar-refractivity contribution < 1.29 is 5.11 Å². The fourth-order valence-corrected chi connectivity index (χ4v) is 1.55. The second-order valence-corrected chi connectivity index (χ2v) is 3.97. The number of anilines is 1. The number of nitrogens with one attached hydrogen (secondary N) is 1. The number of hydrogen-bond donors (Lipinski definition) is 2. The van der Waals surface area contributed by atoms with Crippen LogP contribution in [0, 0.1) is 0 Å². The average Bonchev–Trinajstić information content (AvgIpc) is 2.28. The van der Waals surface area contributed by atoms with Crippen molar-refractivity contribution in [1.29, 1.82) is 0 Å². The first-order valence-electron chi connectivity index (χ1n) is 5.01. The van der Waals surface area contributed by atoms with Crippen LogP contribution in [0.2, 0.25) is 5.02 Å². The zero-order valence-corrected chi connectivity index (χ0v) is 9.41. The third-order valence-electron chi connectivity index (χ3n) is 2.26. The van der Waals surface area contributed by atoms with Crippen molar-refractivity contribution in [1.82, 2.24) is 0 Å². The van der Waals surface area contributed by atoms with Gasteiger partial charge in [-0.2, -0.15) is 0 Å². The molecule has 0 radical (unpaired) electrons. The Labute approximate surface area is 99.5 Å². The van der Waals surface area contributed by atoms with E-state index in [0.29, 0.717) is 6.54 Å². The summed E-state index contributed by atoms with van der Waals surface area (Å²) >= 11 is 5.80. The number of phenols is 1. The van der Waals surface area contributed by atoms with Gasteiger partial charge in [-0.25, -0.2) is 0 Å². The summed E-state index contributed by atoms with van der Waals surface area (Å²) in [4.78, 5) is 0. The van der Waals surface area contributed by atoms with E-state index in [-0.39, 0.29) is 5.75 Å². The maximum atomic E-state index is 9.29. The van der Waals surface area contributed by atoms with Crippen LogP contribution in [0.15, 0.2) is 48.5 Å². The lowest BCUT2D eigenvalue weighted by molar-refractivity contribution is 0.475. The molecule has 0 atom stereocenters. The summed E-state index contributed by atoms with van der Waals surface area (Å²) in [5.74, 6) is 0.265. The van der Waals surface area contributed by atoms with Crippen LogP contribution in [0.3, 0.4) is 0 Å². The van der Waals surface area contributed by atoms with Crippen molar-refractivity contribution in [2.45, 2.75) is 6.54 Å². The number of halogens is 1. The van der Waals surface area contributed by atoms with Gasteiger partial charge in [0.15, 0.2) is 0 Å². The van der Waals surface area contributed by atoms with Crippen LogP contribution >= 0.6 is 11.6 Å². The normalized spacial score (nSPS) is 10.1. The van der Waals surface area contributed by atoms with Crippen molar-refractivity contribution in [2.75, 3.05) is 5.32 Å². The predicted octanol–water partition coefficient (Wildman–Crippen LogP) is 3.66. The average molecular weight is 234 g/mol. The molecule has 0 saturated heterocycles. The molecule has 2 nitrogen and oxygen atoms in total. The van der Waals surface area contributed by atoms with E-state index in [1.165, 1.54) is 0 Å². The SMILES string of the molecule is Oc1cccc(NCc2ccc(Cl)cc2)c1. The van der Waals surface area contributed by atoms with Gasteiger partial charge in [-0.1, -0.05) is 29.8 Å².